The molecule has 0 unspecified atom stereocenters. The molecule has 5 heteroatoms. The summed E-state index contributed by atoms with van der Waals surface area (Å²) in [6, 6.07) is 9.50. The summed E-state index contributed by atoms with van der Waals surface area (Å²) in [7, 11) is 0. The Balaban J connectivity index is 2.17. The Hall–Kier alpha value is -2.43. The SMILES string of the molecule is Cc1cccc(CNc2ncc(C)cc2[N+](=O)[O-])c1. The summed E-state index contributed by atoms with van der Waals surface area (Å²) in [6.45, 7) is 4.30. The molecule has 2 rings (SSSR count). The summed E-state index contributed by atoms with van der Waals surface area (Å²) < 4.78 is 0. The highest BCUT2D eigenvalue weighted by molar-refractivity contribution is 5.56. The molecule has 0 saturated heterocycles. The lowest BCUT2D eigenvalue weighted by atomic mass is 10.1. The first-order valence-corrected chi connectivity index (χ1v) is 5.97. The maximum atomic E-state index is 11.0. The van der Waals surface area contributed by atoms with E-state index in [1.165, 1.54) is 6.07 Å². The highest BCUT2D eigenvalue weighted by Gasteiger charge is 2.14. The van der Waals surface area contributed by atoms with Crippen LogP contribution >= 0.6 is 0 Å². The fourth-order valence-corrected chi connectivity index (χ4v) is 1.84. The van der Waals surface area contributed by atoms with Crippen LogP contribution in [0.5, 0.6) is 0 Å². The molecule has 0 atom stereocenters. The van der Waals surface area contributed by atoms with Crippen LogP contribution < -0.4 is 5.32 Å². The van der Waals surface area contributed by atoms with Crippen molar-refractivity contribution in [2.24, 2.45) is 0 Å². The van der Waals surface area contributed by atoms with E-state index < -0.39 is 4.92 Å². The third-order valence-electron chi connectivity index (χ3n) is 2.74. The predicted octanol–water partition coefficient (Wildman–Crippen LogP) is 3.22. The first kappa shape index (κ1) is 13.0. The molecule has 1 aromatic carbocycles. The van der Waals surface area contributed by atoms with Crippen molar-refractivity contribution in [3.63, 3.8) is 0 Å². The zero-order valence-corrected chi connectivity index (χ0v) is 10.9. The van der Waals surface area contributed by atoms with E-state index in [0.29, 0.717) is 12.4 Å². The van der Waals surface area contributed by atoms with E-state index in [2.05, 4.69) is 10.3 Å². The first-order chi connectivity index (χ1) is 9.06. The Bertz CT molecular complexity index is 611. The van der Waals surface area contributed by atoms with Crippen LogP contribution in [0.3, 0.4) is 0 Å². The van der Waals surface area contributed by atoms with Crippen molar-refractivity contribution in [1.29, 1.82) is 0 Å². The number of pyridine rings is 1. The molecule has 0 aliphatic heterocycles. The summed E-state index contributed by atoms with van der Waals surface area (Å²) in [5.41, 5.74) is 3.00. The lowest BCUT2D eigenvalue weighted by Crippen LogP contribution is -2.05. The molecule has 5 nitrogen and oxygen atoms in total. The molecule has 0 saturated carbocycles. The van der Waals surface area contributed by atoms with Gasteiger partial charge in [-0.05, 0) is 25.0 Å². The number of aromatic nitrogens is 1. The minimum absolute atomic E-state index is 0.00709. The average Bonchev–Trinajstić information content (AvgIpc) is 2.37. The Kier molecular flexibility index (Phi) is 3.75. The summed E-state index contributed by atoms with van der Waals surface area (Å²) in [4.78, 5) is 14.6. The maximum absolute atomic E-state index is 11.0. The number of anilines is 1. The van der Waals surface area contributed by atoms with E-state index in [1.54, 1.807) is 13.1 Å². The number of hydrogen-bond acceptors (Lipinski definition) is 4. The Labute approximate surface area is 111 Å². The number of rotatable bonds is 4. The molecule has 0 fully saturated rings. The Morgan fingerprint density at radius 3 is 2.74 bits per heavy atom. The van der Waals surface area contributed by atoms with Crippen LogP contribution in [0.1, 0.15) is 16.7 Å². The highest BCUT2D eigenvalue weighted by atomic mass is 16.6. The van der Waals surface area contributed by atoms with Gasteiger partial charge in [-0.15, -0.1) is 0 Å². The van der Waals surface area contributed by atoms with Crippen LogP contribution in [0.25, 0.3) is 0 Å². The van der Waals surface area contributed by atoms with Crippen molar-refractivity contribution in [1.82, 2.24) is 4.98 Å². The van der Waals surface area contributed by atoms with Crippen LogP contribution in [0, 0.1) is 24.0 Å². The molecule has 1 aromatic heterocycles. The standard InChI is InChI=1S/C14H15N3O2/c1-10-4-3-5-12(6-10)9-16-14-13(17(18)19)7-11(2)8-15-14/h3-8H,9H2,1-2H3,(H,15,16). The zero-order valence-electron chi connectivity index (χ0n) is 10.9. The summed E-state index contributed by atoms with van der Waals surface area (Å²) in [5, 5.41) is 14.0. The molecule has 0 bridgehead atoms. The smallest absolute Gasteiger partial charge is 0.311 e. The molecular weight excluding hydrogens is 242 g/mol. The van der Waals surface area contributed by atoms with Crippen molar-refractivity contribution in [2.75, 3.05) is 5.32 Å². The molecule has 0 radical (unpaired) electrons. The molecule has 2 aromatic rings. The molecular formula is C14H15N3O2. The Morgan fingerprint density at radius 1 is 1.26 bits per heavy atom. The topological polar surface area (TPSA) is 68.1 Å². The first-order valence-electron chi connectivity index (χ1n) is 5.97. The van der Waals surface area contributed by atoms with Gasteiger partial charge in [-0.2, -0.15) is 0 Å². The van der Waals surface area contributed by atoms with E-state index in [4.69, 9.17) is 0 Å². The quantitative estimate of drug-likeness (QED) is 0.674. The second-order valence-corrected chi connectivity index (χ2v) is 4.48. The third-order valence-corrected chi connectivity index (χ3v) is 2.74. The van der Waals surface area contributed by atoms with Gasteiger partial charge >= 0.3 is 5.69 Å². The molecule has 0 aliphatic rings. The number of hydrogen-bond donors (Lipinski definition) is 1. The molecule has 0 amide bonds. The van der Waals surface area contributed by atoms with Crippen molar-refractivity contribution in [3.05, 3.63) is 63.3 Å². The second kappa shape index (κ2) is 5.48. The Morgan fingerprint density at radius 2 is 2.05 bits per heavy atom. The fraction of sp³-hybridized carbons (Fsp3) is 0.214. The number of nitrogens with one attached hydrogen (secondary N) is 1. The molecule has 19 heavy (non-hydrogen) atoms. The van der Waals surface area contributed by atoms with Gasteiger partial charge in [-0.3, -0.25) is 10.1 Å². The van der Waals surface area contributed by atoms with Crippen LogP contribution in [-0.4, -0.2) is 9.91 Å². The van der Waals surface area contributed by atoms with Gasteiger partial charge in [0.1, 0.15) is 0 Å². The highest BCUT2D eigenvalue weighted by Crippen LogP contribution is 2.23. The van der Waals surface area contributed by atoms with E-state index in [1.807, 2.05) is 31.2 Å². The van der Waals surface area contributed by atoms with Crippen LogP contribution in [0.2, 0.25) is 0 Å². The molecule has 1 heterocycles. The minimum atomic E-state index is -0.418. The van der Waals surface area contributed by atoms with E-state index in [0.717, 1.165) is 16.7 Å². The van der Waals surface area contributed by atoms with E-state index >= 15 is 0 Å². The maximum Gasteiger partial charge on any atom is 0.311 e. The van der Waals surface area contributed by atoms with Crippen molar-refractivity contribution >= 4 is 11.5 Å². The van der Waals surface area contributed by atoms with Gasteiger partial charge in [0.2, 0.25) is 5.82 Å². The predicted molar refractivity (Wildman–Crippen MR) is 74.1 cm³/mol. The second-order valence-electron chi connectivity index (χ2n) is 4.48. The third kappa shape index (κ3) is 3.28. The molecule has 98 valence electrons. The normalized spacial score (nSPS) is 10.2. The van der Waals surface area contributed by atoms with Gasteiger partial charge in [0.05, 0.1) is 4.92 Å². The summed E-state index contributed by atoms with van der Waals surface area (Å²) >= 11 is 0. The van der Waals surface area contributed by atoms with Crippen molar-refractivity contribution < 1.29 is 4.92 Å². The molecule has 1 N–H and O–H groups in total. The number of aryl methyl sites for hydroxylation is 2. The summed E-state index contributed by atoms with van der Waals surface area (Å²) in [6.07, 6.45) is 1.62. The van der Waals surface area contributed by atoms with E-state index in [9.17, 15) is 10.1 Å². The molecule has 0 spiro atoms. The van der Waals surface area contributed by atoms with Gasteiger partial charge in [-0.1, -0.05) is 29.8 Å². The van der Waals surface area contributed by atoms with Crippen LogP contribution in [-0.2, 0) is 6.54 Å². The molecule has 0 aliphatic carbocycles. The number of nitrogens with zero attached hydrogens (tertiary/aromatic N) is 2. The van der Waals surface area contributed by atoms with Gasteiger partial charge in [0.15, 0.2) is 0 Å². The lowest BCUT2D eigenvalue weighted by molar-refractivity contribution is -0.384. The van der Waals surface area contributed by atoms with Crippen molar-refractivity contribution in [3.8, 4) is 0 Å². The minimum Gasteiger partial charge on any atom is -0.360 e. The van der Waals surface area contributed by atoms with Crippen LogP contribution in [0.15, 0.2) is 36.5 Å². The van der Waals surface area contributed by atoms with Gasteiger partial charge < -0.3 is 5.32 Å². The number of nitro groups is 1. The van der Waals surface area contributed by atoms with Gasteiger partial charge in [0.25, 0.3) is 0 Å². The van der Waals surface area contributed by atoms with E-state index in [-0.39, 0.29) is 5.69 Å². The zero-order chi connectivity index (χ0) is 13.8. The monoisotopic (exact) mass is 257 g/mol. The summed E-state index contributed by atoms with van der Waals surface area (Å²) in [5.74, 6) is 0.303. The largest absolute Gasteiger partial charge is 0.360 e. The van der Waals surface area contributed by atoms with Gasteiger partial charge in [-0.25, -0.2) is 4.98 Å². The van der Waals surface area contributed by atoms with Gasteiger partial charge in [0, 0.05) is 18.8 Å². The number of benzene rings is 1. The van der Waals surface area contributed by atoms with Crippen molar-refractivity contribution in [2.45, 2.75) is 20.4 Å². The lowest BCUT2D eigenvalue weighted by Gasteiger charge is -2.07. The average molecular weight is 257 g/mol. The van der Waals surface area contributed by atoms with Crippen LogP contribution in [0.4, 0.5) is 11.5 Å². The fourth-order valence-electron chi connectivity index (χ4n) is 1.84.